The molecule has 0 aromatic carbocycles. The molecule has 2 fully saturated rings. The van der Waals surface area contributed by atoms with Crippen LogP contribution in [0.15, 0.2) is 0 Å². The number of ether oxygens (including phenoxy) is 1. The lowest BCUT2D eigenvalue weighted by Gasteiger charge is -2.29. The fourth-order valence-corrected chi connectivity index (χ4v) is 3.11. The molecular weight excluding hydrogens is 202 g/mol. The highest BCUT2D eigenvalue weighted by Gasteiger charge is 2.25. The fourth-order valence-electron chi connectivity index (χ4n) is 3.11. The topological polar surface area (TPSA) is 41.5 Å². The smallest absolute Gasteiger partial charge is 0.0586 e. The highest BCUT2D eigenvalue weighted by molar-refractivity contribution is 4.81. The average Bonchev–Trinajstić information content (AvgIpc) is 2.73. The summed E-state index contributed by atoms with van der Waals surface area (Å²) in [5, 5.41) is 13.1. The summed E-state index contributed by atoms with van der Waals surface area (Å²) in [6.07, 6.45) is 8.55. The van der Waals surface area contributed by atoms with E-state index in [1.165, 1.54) is 25.7 Å². The van der Waals surface area contributed by atoms with E-state index < -0.39 is 0 Å². The number of methoxy groups -OCH3 is 1. The molecule has 16 heavy (non-hydrogen) atoms. The molecule has 0 aromatic rings. The molecule has 4 unspecified atom stereocenters. The van der Waals surface area contributed by atoms with Crippen molar-refractivity contribution in [2.75, 3.05) is 13.7 Å². The van der Waals surface area contributed by atoms with Gasteiger partial charge < -0.3 is 15.2 Å². The molecule has 0 amide bonds. The normalized spacial score (nSPS) is 40.1. The Kier molecular flexibility index (Phi) is 4.62. The Labute approximate surface area is 98.6 Å². The van der Waals surface area contributed by atoms with Gasteiger partial charge in [-0.1, -0.05) is 0 Å². The number of hydrogen-bond donors (Lipinski definition) is 2. The van der Waals surface area contributed by atoms with Gasteiger partial charge in [-0.15, -0.1) is 0 Å². The van der Waals surface area contributed by atoms with E-state index >= 15 is 0 Å². The molecule has 0 aromatic heterocycles. The second-order valence-electron chi connectivity index (χ2n) is 5.46. The molecule has 2 aliphatic rings. The van der Waals surface area contributed by atoms with E-state index in [2.05, 4.69) is 5.32 Å². The zero-order valence-electron chi connectivity index (χ0n) is 10.3. The molecule has 0 heterocycles. The number of hydrogen-bond acceptors (Lipinski definition) is 3. The quantitative estimate of drug-likeness (QED) is 0.768. The molecule has 2 rings (SSSR count). The van der Waals surface area contributed by atoms with E-state index in [9.17, 15) is 5.11 Å². The zero-order valence-corrected chi connectivity index (χ0v) is 10.3. The first kappa shape index (κ1) is 12.3. The highest BCUT2D eigenvalue weighted by Crippen LogP contribution is 2.26. The van der Waals surface area contributed by atoms with Crippen LogP contribution in [0.5, 0.6) is 0 Å². The van der Waals surface area contributed by atoms with Crippen LogP contribution in [0.1, 0.15) is 44.9 Å². The molecule has 3 heteroatoms. The summed E-state index contributed by atoms with van der Waals surface area (Å²) >= 11 is 0. The molecule has 0 saturated heterocycles. The van der Waals surface area contributed by atoms with Gasteiger partial charge in [-0.05, 0) is 57.4 Å². The minimum absolute atomic E-state index is 0.0371. The van der Waals surface area contributed by atoms with Gasteiger partial charge in [0.25, 0.3) is 0 Å². The molecule has 0 bridgehead atoms. The van der Waals surface area contributed by atoms with Crippen molar-refractivity contribution in [3.8, 4) is 0 Å². The molecule has 2 N–H and O–H groups in total. The molecule has 0 aliphatic heterocycles. The summed E-state index contributed by atoms with van der Waals surface area (Å²) in [5.41, 5.74) is 0. The molecule has 2 saturated carbocycles. The van der Waals surface area contributed by atoms with Crippen molar-refractivity contribution in [3.05, 3.63) is 0 Å². The fraction of sp³-hybridized carbons (Fsp3) is 1.00. The van der Waals surface area contributed by atoms with Crippen LogP contribution in [0.2, 0.25) is 0 Å². The maximum absolute atomic E-state index is 9.47. The summed E-state index contributed by atoms with van der Waals surface area (Å²) in [7, 11) is 1.82. The lowest BCUT2D eigenvalue weighted by atomic mass is 9.92. The van der Waals surface area contributed by atoms with E-state index in [0.29, 0.717) is 18.1 Å². The summed E-state index contributed by atoms with van der Waals surface area (Å²) in [5.74, 6) is 0.693. The Balaban J connectivity index is 1.65. The third-order valence-corrected chi connectivity index (χ3v) is 4.17. The summed E-state index contributed by atoms with van der Waals surface area (Å²) in [4.78, 5) is 0. The maximum atomic E-state index is 9.47. The second kappa shape index (κ2) is 5.99. The summed E-state index contributed by atoms with van der Waals surface area (Å²) in [6, 6.07) is 0.636. The SMILES string of the molecule is COC1CCCC(NCC2CCC(O)C2)C1. The number of rotatable bonds is 4. The first-order valence-corrected chi connectivity index (χ1v) is 6.72. The van der Waals surface area contributed by atoms with Crippen LogP contribution in [0, 0.1) is 5.92 Å². The lowest BCUT2D eigenvalue weighted by molar-refractivity contribution is 0.0581. The molecule has 4 atom stereocenters. The summed E-state index contributed by atoms with van der Waals surface area (Å²) < 4.78 is 5.43. The molecular formula is C13H25NO2. The number of aliphatic hydroxyl groups excluding tert-OH is 1. The van der Waals surface area contributed by atoms with Crippen molar-refractivity contribution in [3.63, 3.8) is 0 Å². The van der Waals surface area contributed by atoms with Gasteiger partial charge in [0.05, 0.1) is 12.2 Å². The Morgan fingerprint density at radius 3 is 2.75 bits per heavy atom. The minimum Gasteiger partial charge on any atom is -0.393 e. The first-order valence-electron chi connectivity index (χ1n) is 6.72. The minimum atomic E-state index is -0.0371. The van der Waals surface area contributed by atoms with Gasteiger partial charge in [0.1, 0.15) is 0 Å². The third kappa shape index (κ3) is 3.44. The van der Waals surface area contributed by atoms with Crippen LogP contribution < -0.4 is 5.32 Å². The predicted molar refractivity (Wildman–Crippen MR) is 64.4 cm³/mol. The van der Waals surface area contributed by atoms with E-state index in [4.69, 9.17) is 4.74 Å². The van der Waals surface area contributed by atoms with Crippen molar-refractivity contribution in [1.82, 2.24) is 5.32 Å². The molecule has 0 radical (unpaired) electrons. The van der Waals surface area contributed by atoms with Gasteiger partial charge in [-0.25, -0.2) is 0 Å². The molecule has 3 nitrogen and oxygen atoms in total. The van der Waals surface area contributed by atoms with Crippen molar-refractivity contribution in [1.29, 1.82) is 0 Å². The highest BCUT2D eigenvalue weighted by atomic mass is 16.5. The van der Waals surface area contributed by atoms with Crippen LogP contribution in [0.4, 0.5) is 0 Å². The monoisotopic (exact) mass is 227 g/mol. The third-order valence-electron chi connectivity index (χ3n) is 4.17. The van der Waals surface area contributed by atoms with Crippen molar-refractivity contribution in [2.24, 2.45) is 5.92 Å². The van der Waals surface area contributed by atoms with Gasteiger partial charge in [-0.2, -0.15) is 0 Å². The van der Waals surface area contributed by atoms with Crippen LogP contribution in [0.25, 0.3) is 0 Å². The van der Waals surface area contributed by atoms with Gasteiger partial charge in [0.2, 0.25) is 0 Å². The molecule has 2 aliphatic carbocycles. The van der Waals surface area contributed by atoms with Gasteiger partial charge in [-0.3, -0.25) is 0 Å². The molecule has 94 valence electrons. The van der Waals surface area contributed by atoms with Crippen LogP contribution in [-0.4, -0.2) is 37.0 Å². The van der Waals surface area contributed by atoms with E-state index in [0.717, 1.165) is 25.8 Å². The standard InChI is InChI=1S/C13H25NO2/c1-16-13-4-2-3-11(8-13)14-9-10-5-6-12(15)7-10/h10-15H,2-9H2,1H3. The average molecular weight is 227 g/mol. The van der Waals surface area contributed by atoms with Crippen molar-refractivity contribution >= 4 is 0 Å². The Hall–Kier alpha value is -0.120. The first-order chi connectivity index (χ1) is 7.78. The molecule has 0 spiro atoms. The number of aliphatic hydroxyl groups is 1. The summed E-state index contributed by atoms with van der Waals surface area (Å²) in [6.45, 7) is 1.08. The Morgan fingerprint density at radius 2 is 2.06 bits per heavy atom. The van der Waals surface area contributed by atoms with Crippen molar-refractivity contribution < 1.29 is 9.84 Å². The van der Waals surface area contributed by atoms with Crippen molar-refractivity contribution in [2.45, 2.75) is 63.2 Å². The predicted octanol–water partition coefficient (Wildman–Crippen LogP) is 1.69. The van der Waals surface area contributed by atoms with Gasteiger partial charge >= 0.3 is 0 Å². The second-order valence-corrected chi connectivity index (χ2v) is 5.46. The number of nitrogens with one attached hydrogen (secondary N) is 1. The lowest BCUT2D eigenvalue weighted by Crippen LogP contribution is -2.38. The van der Waals surface area contributed by atoms with E-state index in [-0.39, 0.29) is 6.10 Å². The Bertz CT molecular complexity index is 210. The van der Waals surface area contributed by atoms with E-state index in [1.807, 2.05) is 7.11 Å². The van der Waals surface area contributed by atoms with Gasteiger partial charge in [0, 0.05) is 13.2 Å². The zero-order chi connectivity index (χ0) is 11.4. The van der Waals surface area contributed by atoms with E-state index in [1.54, 1.807) is 0 Å². The van der Waals surface area contributed by atoms with Crippen LogP contribution >= 0.6 is 0 Å². The van der Waals surface area contributed by atoms with Gasteiger partial charge in [0.15, 0.2) is 0 Å². The maximum Gasteiger partial charge on any atom is 0.0586 e. The van der Waals surface area contributed by atoms with Crippen LogP contribution in [-0.2, 0) is 4.74 Å². The van der Waals surface area contributed by atoms with Crippen LogP contribution in [0.3, 0.4) is 0 Å². The Morgan fingerprint density at radius 1 is 1.19 bits per heavy atom. The largest absolute Gasteiger partial charge is 0.393 e.